The molecule has 0 aliphatic carbocycles. The molecule has 224 valence electrons. The summed E-state index contributed by atoms with van der Waals surface area (Å²) in [6, 6.07) is 36.7. The molecule has 4 aromatic rings. The van der Waals surface area contributed by atoms with Crippen molar-refractivity contribution in [3.05, 3.63) is 126 Å². The minimum Gasteiger partial charge on any atom is -0.497 e. The monoisotopic (exact) mass is 588 g/mol. The summed E-state index contributed by atoms with van der Waals surface area (Å²) in [5, 5.41) is 2.89. The maximum Gasteiger partial charge on any atom is 0.250 e. The molecule has 2 aliphatic heterocycles. The van der Waals surface area contributed by atoms with Crippen LogP contribution in [0.1, 0.15) is 29.9 Å². The van der Waals surface area contributed by atoms with Crippen LogP contribution in [-0.2, 0) is 14.4 Å². The maximum atomic E-state index is 14.2. The van der Waals surface area contributed by atoms with Gasteiger partial charge in [-0.25, -0.2) is 0 Å². The van der Waals surface area contributed by atoms with Gasteiger partial charge in [0.1, 0.15) is 17.8 Å². The van der Waals surface area contributed by atoms with Crippen LogP contribution >= 0.6 is 0 Å². The highest BCUT2D eigenvalue weighted by atomic mass is 16.5. The Labute approximate surface area is 257 Å². The van der Waals surface area contributed by atoms with Gasteiger partial charge in [0.05, 0.1) is 19.7 Å². The molecule has 44 heavy (non-hydrogen) atoms. The molecule has 6 rings (SSSR count). The summed E-state index contributed by atoms with van der Waals surface area (Å²) in [5.74, 6) is -0.122. The summed E-state index contributed by atoms with van der Waals surface area (Å²) in [6.45, 7) is 1.09. The van der Waals surface area contributed by atoms with E-state index in [0.29, 0.717) is 44.0 Å². The van der Waals surface area contributed by atoms with Crippen LogP contribution in [0.2, 0.25) is 0 Å². The van der Waals surface area contributed by atoms with Gasteiger partial charge >= 0.3 is 0 Å². The quantitative estimate of drug-likeness (QED) is 0.309. The fourth-order valence-corrected chi connectivity index (χ4v) is 6.45. The third-order valence-corrected chi connectivity index (χ3v) is 8.68. The highest BCUT2D eigenvalue weighted by Gasteiger charge is 2.54. The fourth-order valence-electron chi connectivity index (χ4n) is 6.45. The zero-order valence-electron chi connectivity index (χ0n) is 24.8. The summed E-state index contributed by atoms with van der Waals surface area (Å²) >= 11 is 0. The minimum absolute atomic E-state index is 0.0310. The summed E-state index contributed by atoms with van der Waals surface area (Å²) in [4.78, 5) is 47.0. The number of anilines is 2. The number of hydrogen-bond acceptors (Lipinski definition) is 5. The second-order valence-electron chi connectivity index (χ2n) is 11.3. The van der Waals surface area contributed by atoms with Gasteiger partial charge in [0, 0.05) is 30.5 Å². The molecule has 0 saturated carbocycles. The lowest BCUT2D eigenvalue weighted by atomic mass is 9.83. The van der Waals surface area contributed by atoms with Crippen molar-refractivity contribution in [1.29, 1.82) is 0 Å². The van der Waals surface area contributed by atoms with Crippen LogP contribution in [0.25, 0.3) is 0 Å². The molecule has 2 aliphatic rings. The molecule has 1 spiro atoms. The van der Waals surface area contributed by atoms with Crippen LogP contribution in [0, 0.1) is 0 Å². The molecule has 2 saturated heterocycles. The second-order valence-corrected chi connectivity index (χ2v) is 11.3. The SMILES string of the molecule is COc1cccc(NC(=O)CN2CN(c3ccccc3)C3(CCN(C(=O)C(c4ccccc4)c4ccccc4)CC3)C2=O)c1. The average Bonchev–Trinajstić information content (AvgIpc) is 3.32. The molecule has 0 aromatic heterocycles. The number of para-hydroxylation sites is 1. The molecule has 8 heteroatoms. The lowest BCUT2D eigenvalue weighted by molar-refractivity contribution is -0.139. The number of piperidine rings is 1. The Balaban J connectivity index is 1.22. The Kier molecular flexibility index (Phi) is 8.32. The van der Waals surface area contributed by atoms with Gasteiger partial charge in [-0.1, -0.05) is 84.9 Å². The van der Waals surface area contributed by atoms with E-state index in [4.69, 9.17) is 4.74 Å². The van der Waals surface area contributed by atoms with Gasteiger partial charge in [0.2, 0.25) is 11.8 Å². The molecular formula is C36H36N4O4. The van der Waals surface area contributed by atoms with E-state index in [2.05, 4.69) is 10.2 Å². The van der Waals surface area contributed by atoms with Crippen molar-refractivity contribution in [1.82, 2.24) is 9.80 Å². The van der Waals surface area contributed by atoms with Crippen molar-refractivity contribution in [2.24, 2.45) is 0 Å². The van der Waals surface area contributed by atoms with Crippen LogP contribution in [0.4, 0.5) is 11.4 Å². The van der Waals surface area contributed by atoms with Crippen LogP contribution in [0.5, 0.6) is 5.75 Å². The number of nitrogens with one attached hydrogen (secondary N) is 1. The third kappa shape index (κ3) is 5.75. The number of carbonyl (C=O) groups is 3. The minimum atomic E-state index is -0.844. The third-order valence-electron chi connectivity index (χ3n) is 8.68. The number of rotatable bonds is 8. The van der Waals surface area contributed by atoms with E-state index in [9.17, 15) is 14.4 Å². The lowest BCUT2D eigenvalue weighted by Crippen LogP contribution is -2.58. The van der Waals surface area contributed by atoms with Crippen molar-refractivity contribution in [2.75, 3.05) is 43.6 Å². The Hall–Kier alpha value is -5.11. The summed E-state index contributed by atoms with van der Waals surface area (Å²) in [6.07, 6.45) is 0.938. The van der Waals surface area contributed by atoms with E-state index in [1.54, 1.807) is 36.3 Å². The first-order valence-electron chi connectivity index (χ1n) is 14.9. The molecule has 4 aromatic carbocycles. The van der Waals surface area contributed by atoms with Crippen LogP contribution in [0.15, 0.2) is 115 Å². The summed E-state index contributed by atoms with van der Waals surface area (Å²) in [5.41, 5.74) is 2.57. The van der Waals surface area contributed by atoms with Gasteiger partial charge in [-0.3, -0.25) is 14.4 Å². The fraction of sp³-hybridized carbons (Fsp3) is 0.250. The van der Waals surface area contributed by atoms with Gasteiger partial charge in [0.15, 0.2) is 0 Å². The second kappa shape index (κ2) is 12.6. The first-order chi connectivity index (χ1) is 21.5. The van der Waals surface area contributed by atoms with Gasteiger partial charge in [0.25, 0.3) is 5.91 Å². The van der Waals surface area contributed by atoms with E-state index < -0.39 is 11.5 Å². The standard InChI is InChI=1S/C36H36N4O4/c1-44-31-19-11-16-29(24-31)37-32(41)25-39-26-40(30-17-9-4-10-18-30)36(35(39)43)20-22-38(23-21-36)34(42)33(27-12-5-2-6-13-27)28-14-7-3-8-15-28/h2-19,24,33H,20-23,25-26H2,1H3,(H,37,41). The maximum absolute atomic E-state index is 14.2. The molecule has 3 amide bonds. The number of likely N-dealkylation sites (tertiary alicyclic amines) is 1. The average molecular weight is 589 g/mol. The number of methoxy groups -OCH3 is 1. The van der Waals surface area contributed by atoms with E-state index in [1.807, 2.05) is 95.9 Å². The molecule has 1 N–H and O–H groups in total. The van der Waals surface area contributed by atoms with E-state index in [-0.39, 0.29) is 24.3 Å². The molecule has 0 atom stereocenters. The highest BCUT2D eigenvalue weighted by molar-refractivity contribution is 5.99. The molecule has 0 bridgehead atoms. The summed E-state index contributed by atoms with van der Waals surface area (Å²) in [7, 11) is 1.57. The Morgan fingerprint density at radius 3 is 2.00 bits per heavy atom. The van der Waals surface area contributed by atoms with Gasteiger partial charge in [-0.2, -0.15) is 0 Å². The number of ether oxygens (including phenoxy) is 1. The number of hydrogen-bond donors (Lipinski definition) is 1. The van der Waals surface area contributed by atoms with Crippen molar-refractivity contribution in [2.45, 2.75) is 24.3 Å². The molecular weight excluding hydrogens is 552 g/mol. The van der Waals surface area contributed by atoms with E-state index >= 15 is 0 Å². The topological polar surface area (TPSA) is 82.2 Å². The first-order valence-corrected chi connectivity index (χ1v) is 14.9. The van der Waals surface area contributed by atoms with Crippen molar-refractivity contribution < 1.29 is 19.1 Å². The number of amides is 3. The van der Waals surface area contributed by atoms with Crippen molar-refractivity contribution in [3.63, 3.8) is 0 Å². The molecule has 2 heterocycles. The zero-order valence-corrected chi connectivity index (χ0v) is 24.8. The lowest BCUT2D eigenvalue weighted by Gasteiger charge is -2.44. The number of carbonyl (C=O) groups excluding carboxylic acids is 3. The number of nitrogens with zero attached hydrogens (tertiary/aromatic N) is 3. The van der Waals surface area contributed by atoms with Gasteiger partial charge in [-0.05, 0) is 48.2 Å². The van der Waals surface area contributed by atoms with Crippen LogP contribution in [0.3, 0.4) is 0 Å². The van der Waals surface area contributed by atoms with E-state index in [0.717, 1.165) is 16.8 Å². The Bertz CT molecular complexity index is 1570. The van der Waals surface area contributed by atoms with Gasteiger partial charge < -0.3 is 24.8 Å². The van der Waals surface area contributed by atoms with Crippen molar-refractivity contribution >= 4 is 29.1 Å². The van der Waals surface area contributed by atoms with Crippen molar-refractivity contribution in [3.8, 4) is 5.75 Å². The molecule has 0 unspecified atom stereocenters. The smallest absolute Gasteiger partial charge is 0.250 e. The number of benzene rings is 4. The largest absolute Gasteiger partial charge is 0.497 e. The van der Waals surface area contributed by atoms with Crippen LogP contribution in [-0.4, -0.2) is 66.5 Å². The molecule has 8 nitrogen and oxygen atoms in total. The first kappa shape index (κ1) is 29.0. The predicted octanol–water partition coefficient (Wildman–Crippen LogP) is 5.13. The van der Waals surface area contributed by atoms with E-state index in [1.165, 1.54) is 0 Å². The highest BCUT2D eigenvalue weighted by Crippen LogP contribution is 2.40. The molecule has 0 radical (unpaired) electrons. The summed E-state index contributed by atoms with van der Waals surface area (Å²) < 4.78 is 5.27. The normalized spacial score (nSPS) is 16.0. The van der Waals surface area contributed by atoms with Crippen LogP contribution < -0.4 is 15.0 Å². The Morgan fingerprint density at radius 1 is 0.818 bits per heavy atom. The predicted molar refractivity (Wildman–Crippen MR) is 170 cm³/mol. The Morgan fingerprint density at radius 2 is 1.41 bits per heavy atom. The zero-order chi connectivity index (χ0) is 30.5. The van der Waals surface area contributed by atoms with Gasteiger partial charge in [-0.15, -0.1) is 0 Å². The molecule has 2 fully saturated rings.